The van der Waals surface area contributed by atoms with Gasteiger partial charge in [-0.3, -0.25) is 0 Å². The van der Waals surface area contributed by atoms with E-state index in [2.05, 4.69) is 59.1 Å². The molecule has 0 aliphatic rings. The third-order valence-electron chi connectivity index (χ3n) is 2.88. The van der Waals surface area contributed by atoms with Crippen LogP contribution in [0.5, 0.6) is 0 Å². The van der Waals surface area contributed by atoms with Gasteiger partial charge in [-0.2, -0.15) is 8.75 Å². The van der Waals surface area contributed by atoms with Crippen molar-refractivity contribution in [2.45, 2.75) is 33.1 Å². The number of hydrogen-bond donors (Lipinski definition) is 1. The summed E-state index contributed by atoms with van der Waals surface area (Å²) in [5.41, 5.74) is 3.44. The van der Waals surface area contributed by atoms with Crippen LogP contribution in [0, 0.1) is 0 Å². The second kappa shape index (κ2) is 5.96. The van der Waals surface area contributed by atoms with E-state index in [0.717, 1.165) is 30.0 Å². The first-order valence-corrected chi connectivity index (χ1v) is 7.12. The van der Waals surface area contributed by atoms with Gasteiger partial charge in [-0.25, -0.2) is 0 Å². The summed E-state index contributed by atoms with van der Waals surface area (Å²) in [5.74, 6) is 1.46. The van der Waals surface area contributed by atoms with Crippen LogP contribution < -0.4 is 5.32 Å². The first-order valence-electron chi connectivity index (χ1n) is 6.39. The van der Waals surface area contributed by atoms with Crippen LogP contribution in [0.25, 0.3) is 11.3 Å². The van der Waals surface area contributed by atoms with Gasteiger partial charge < -0.3 is 5.32 Å². The van der Waals surface area contributed by atoms with Crippen molar-refractivity contribution in [3.63, 3.8) is 0 Å². The fourth-order valence-corrected chi connectivity index (χ4v) is 2.31. The van der Waals surface area contributed by atoms with Crippen LogP contribution in [-0.4, -0.2) is 15.3 Å². The van der Waals surface area contributed by atoms with E-state index < -0.39 is 0 Å². The highest BCUT2D eigenvalue weighted by Crippen LogP contribution is 2.27. The summed E-state index contributed by atoms with van der Waals surface area (Å²) < 4.78 is 8.69. The molecule has 2 rings (SSSR count). The lowest BCUT2D eigenvalue weighted by atomic mass is 10.0. The highest BCUT2D eigenvalue weighted by molar-refractivity contribution is 6.99. The zero-order valence-corrected chi connectivity index (χ0v) is 11.9. The quantitative estimate of drug-likeness (QED) is 0.878. The van der Waals surface area contributed by atoms with Gasteiger partial charge in [0.2, 0.25) is 0 Å². The molecule has 0 spiro atoms. The van der Waals surface area contributed by atoms with Crippen LogP contribution in [0.4, 0.5) is 5.82 Å². The lowest BCUT2D eigenvalue weighted by Crippen LogP contribution is -2.01. The van der Waals surface area contributed by atoms with E-state index >= 15 is 0 Å². The largest absolute Gasteiger partial charge is 0.367 e. The number of aromatic nitrogens is 2. The molecule has 2 aromatic rings. The maximum Gasteiger partial charge on any atom is 0.168 e. The van der Waals surface area contributed by atoms with E-state index in [4.69, 9.17) is 0 Å². The van der Waals surface area contributed by atoms with Gasteiger partial charge in [0.25, 0.3) is 0 Å². The SMILES string of the molecule is CCCNc1nsnc1-c1ccc(C(C)C)cc1. The lowest BCUT2D eigenvalue weighted by molar-refractivity contribution is 0.867. The average molecular weight is 261 g/mol. The van der Waals surface area contributed by atoms with E-state index in [0.29, 0.717) is 5.92 Å². The molecule has 0 saturated heterocycles. The molecule has 0 saturated carbocycles. The Labute approximate surface area is 113 Å². The highest BCUT2D eigenvalue weighted by atomic mass is 32.1. The maximum absolute atomic E-state index is 4.38. The van der Waals surface area contributed by atoms with Crippen LogP contribution >= 0.6 is 11.7 Å². The Hall–Kier alpha value is -1.42. The summed E-state index contributed by atoms with van der Waals surface area (Å²) in [6.45, 7) is 7.48. The Morgan fingerprint density at radius 1 is 1.17 bits per heavy atom. The summed E-state index contributed by atoms with van der Waals surface area (Å²) in [6, 6.07) is 8.60. The summed E-state index contributed by atoms with van der Waals surface area (Å²) in [6.07, 6.45) is 1.09. The van der Waals surface area contributed by atoms with E-state index in [1.54, 1.807) is 0 Å². The molecule has 1 heterocycles. The Morgan fingerprint density at radius 2 is 1.89 bits per heavy atom. The van der Waals surface area contributed by atoms with Crippen LogP contribution in [0.15, 0.2) is 24.3 Å². The summed E-state index contributed by atoms with van der Waals surface area (Å²) in [5, 5.41) is 3.32. The van der Waals surface area contributed by atoms with Gasteiger partial charge in [-0.15, -0.1) is 0 Å². The van der Waals surface area contributed by atoms with E-state index in [1.165, 1.54) is 17.3 Å². The van der Waals surface area contributed by atoms with Crippen molar-refractivity contribution in [1.29, 1.82) is 0 Å². The van der Waals surface area contributed by atoms with Crippen molar-refractivity contribution in [2.75, 3.05) is 11.9 Å². The number of benzene rings is 1. The molecule has 0 aliphatic carbocycles. The number of anilines is 1. The Morgan fingerprint density at radius 3 is 2.50 bits per heavy atom. The Bertz CT molecular complexity index is 488. The molecule has 3 nitrogen and oxygen atoms in total. The minimum Gasteiger partial charge on any atom is -0.367 e. The van der Waals surface area contributed by atoms with E-state index in [9.17, 15) is 0 Å². The fourth-order valence-electron chi connectivity index (χ4n) is 1.76. The molecule has 1 N–H and O–H groups in total. The van der Waals surface area contributed by atoms with Gasteiger partial charge in [0, 0.05) is 12.1 Å². The summed E-state index contributed by atoms with van der Waals surface area (Å²) in [4.78, 5) is 0. The molecule has 1 aromatic heterocycles. The summed E-state index contributed by atoms with van der Waals surface area (Å²) >= 11 is 1.26. The third kappa shape index (κ3) is 2.88. The van der Waals surface area contributed by atoms with Gasteiger partial charge in [0.15, 0.2) is 5.82 Å². The Kier molecular flexibility index (Phi) is 4.31. The van der Waals surface area contributed by atoms with Gasteiger partial charge in [-0.05, 0) is 17.9 Å². The Balaban J connectivity index is 2.23. The van der Waals surface area contributed by atoms with Gasteiger partial charge in [0.1, 0.15) is 5.69 Å². The predicted octanol–water partition coefficient (Wildman–Crippen LogP) is 4.15. The fraction of sp³-hybridized carbons (Fsp3) is 0.429. The zero-order chi connectivity index (χ0) is 13.0. The van der Waals surface area contributed by atoms with Crippen molar-refractivity contribution >= 4 is 17.5 Å². The molecule has 0 radical (unpaired) electrons. The maximum atomic E-state index is 4.38. The monoisotopic (exact) mass is 261 g/mol. The lowest BCUT2D eigenvalue weighted by Gasteiger charge is -2.07. The first-order chi connectivity index (χ1) is 8.72. The van der Waals surface area contributed by atoms with Crippen molar-refractivity contribution < 1.29 is 0 Å². The second-order valence-corrected chi connectivity index (χ2v) is 5.19. The molecule has 0 fully saturated rings. The van der Waals surface area contributed by atoms with Gasteiger partial charge in [-0.1, -0.05) is 45.0 Å². The molecule has 18 heavy (non-hydrogen) atoms. The van der Waals surface area contributed by atoms with Crippen LogP contribution in [-0.2, 0) is 0 Å². The van der Waals surface area contributed by atoms with Crippen LogP contribution in [0.2, 0.25) is 0 Å². The van der Waals surface area contributed by atoms with Crippen LogP contribution in [0.3, 0.4) is 0 Å². The molecular weight excluding hydrogens is 242 g/mol. The molecule has 4 heteroatoms. The molecule has 0 atom stereocenters. The topological polar surface area (TPSA) is 37.8 Å². The molecular formula is C14H19N3S. The van der Waals surface area contributed by atoms with Crippen LogP contribution in [0.1, 0.15) is 38.7 Å². The smallest absolute Gasteiger partial charge is 0.168 e. The second-order valence-electron chi connectivity index (χ2n) is 4.66. The third-order valence-corrected chi connectivity index (χ3v) is 3.41. The number of hydrogen-bond acceptors (Lipinski definition) is 4. The molecule has 0 aliphatic heterocycles. The first kappa shape index (κ1) is 13.0. The molecule has 0 bridgehead atoms. The van der Waals surface area contributed by atoms with Crippen molar-refractivity contribution in [3.8, 4) is 11.3 Å². The standard InChI is InChI=1S/C14H19N3S/c1-4-9-15-14-13(16-18-17-14)12-7-5-11(6-8-12)10(2)3/h5-8,10H,4,9H2,1-3H3,(H,15,17). The minimum atomic E-state index is 0.560. The predicted molar refractivity (Wildman–Crippen MR) is 78.2 cm³/mol. The zero-order valence-electron chi connectivity index (χ0n) is 11.1. The summed E-state index contributed by atoms with van der Waals surface area (Å²) in [7, 11) is 0. The van der Waals surface area contributed by atoms with Crippen molar-refractivity contribution in [2.24, 2.45) is 0 Å². The number of rotatable bonds is 5. The number of nitrogens with zero attached hydrogens (tertiary/aromatic N) is 2. The minimum absolute atomic E-state index is 0.560. The molecule has 1 aromatic carbocycles. The van der Waals surface area contributed by atoms with E-state index in [-0.39, 0.29) is 0 Å². The number of nitrogens with one attached hydrogen (secondary N) is 1. The highest BCUT2D eigenvalue weighted by Gasteiger charge is 2.10. The van der Waals surface area contributed by atoms with Crippen molar-refractivity contribution in [1.82, 2.24) is 8.75 Å². The van der Waals surface area contributed by atoms with Gasteiger partial charge in [0.05, 0.1) is 11.7 Å². The van der Waals surface area contributed by atoms with Crippen molar-refractivity contribution in [3.05, 3.63) is 29.8 Å². The molecule has 0 unspecified atom stereocenters. The van der Waals surface area contributed by atoms with Gasteiger partial charge >= 0.3 is 0 Å². The molecule has 96 valence electrons. The normalized spacial score (nSPS) is 10.9. The average Bonchev–Trinajstić information content (AvgIpc) is 2.84. The van der Waals surface area contributed by atoms with E-state index in [1.807, 2.05) is 0 Å². The molecule has 0 amide bonds.